The summed E-state index contributed by atoms with van der Waals surface area (Å²) in [6.45, 7) is 5.18. The third-order valence-electron chi connectivity index (χ3n) is 4.69. The molecule has 0 bridgehead atoms. The van der Waals surface area contributed by atoms with E-state index in [1.807, 2.05) is 16.8 Å². The van der Waals surface area contributed by atoms with Gasteiger partial charge in [-0.3, -0.25) is 0 Å². The van der Waals surface area contributed by atoms with Crippen molar-refractivity contribution in [2.45, 2.75) is 26.7 Å². The lowest BCUT2D eigenvalue weighted by atomic mass is 10.1. The predicted molar refractivity (Wildman–Crippen MR) is 104 cm³/mol. The Bertz CT molecular complexity index is 960. The number of aromatic nitrogens is 2. The van der Waals surface area contributed by atoms with Crippen LogP contribution in [0, 0.1) is 13.8 Å². The highest BCUT2D eigenvalue weighted by molar-refractivity contribution is 6.35. The van der Waals surface area contributed by atoms with Crippen LogP contribution in [0.25, 0.3) is 5.69 Å². The van der Waals surface area contributed by atoms with Gasteiger partial charge < -0.3 is 5.32 Å². The van der Waals surface area contributed by atoms with Gasteiger partial charge in [0.05, 0.1) is 11.4 Å². The van der Waals surface area contributed by atoms with Crippen LogP contribution in [0.3, 0.4) is 0 Å². The van der Waals surface area contributed by atoms with Gasteiger partial charge in [-0.1, -0.05) is 47.0 Å². The molecule has 1 aliphatic heterocycles. The van der Waals surface area contributed by atoms with Gasteiger partial charge in [0.25, 0.3) is 0 Å². The predicted octanol–water partition coefficient (Wildman–Crippen LogP) is 5.35. The molecule has 0 aliphatic carbocycles. The van der Waals surface area contributed by atoms with Crippen LogP contribution in [0.4, 0.5) is 5.82 Å². The Morgan fingerprint density at radius 1 is 1.12 bits per heavy atom. The van der Waals surface area contributed by atoms with Gasteiger partial charge in [-0.15, -0.1) is 0 Å². The topological polar surface area (TPSA) is 29.9 Å². The largest absolute Gasteiger partial charge is 0.369 e. The van der Waals surface area contributed by atoms with E-state index in [-0.39, 0.29) is 0 Å². The molecule has 25 heavy (non-hydrogen) atoms. The fourth-order valence-corrected chi connectivity index (χ4v) is 3.93. The first-order valence-corrected chi connectivity index (χ1v) is 9.14. The minimum Gasteiger partial charge on any atom is -0.369 e. The van der Waals surface area contributed by atoms with Crippen LogP contribution in [-0.4, -0.2) is 16.3 Å². The van der Waals surface area contributed by atoms with Crippen molar-refractivity contribution in [1.29, 1.82) is 0 Å². The molecule has 0 atom stereocenters. The lowest BCUT2D eigenvalue weighted by molar-refractivity contribution is 0.834. The Hall–Kier alpha value is -1.97. The summed E-state index contributed by atoms with van der Waals surface area (Å²) in [4.78, 5) is 0. The number of nitrogens with zero attached hydrogens (tertiary/aromatic N) is 2. The molecular formula is C20H19Cl2N3. The number of fused-ring (bicyclic) bond motifs is 1. The zero-order chi connectivity index (χ0) is 17.6. The van der Waals surface area contributed by atoms with Gasteiger partial charge in [0.15, 0.2) is 0 Å². The normalized spacial score (nSPS) is 13.0. The molecule has 0 fully saturated rings. The van der Waals surface area contributed by atoms with E-state index in [4.69, 9.17) is 28.3 Å². The van der Waals surface area contributed by atoms with Crippen molar-refractivity contribution in [3.05, 3.63) is 74.4 Å². The Labute approximate surface area is 157 Å². The second-order valence-electron chi connectivity index (χ2n) is 6.56. The van der Waals surface area contributed by atoms with Gasteiger partial charge in [0, 0.05) is 28.6 Å². The Morgan fingerprint density at radius 2 is 1.96 bits per heavy atom. The number of nitrogens with one attached hydrogen (secondary N) is 1. The van der Waals surface area contributed by atoms with E-state index in [9.17, 15) is 0 Å². The Kier molecular flexibility index (Phi) is 4.22. The second kappa shape index (κ2) is 6.40. The highest BCUT2D eigenvalue weighted by Gasteiger charge is 2.24. The molecule has 1 aromatic heterocycles. The lowest BCUT2D eigenvalue weighted by Gasteiger charge is -2.10. The maximum absolute atomic E-state index is 6.36. The van der Waals surface area contributed by atoms with Crippen molar-refractivity contribution in [2.75, 3.05) is 11.9 Å². The molecule has 1 aliphatic rings. The van der Waals surface area contributed by atoms with Gasteiger partial charge in [-0.2, -0.15) is 5.10 Å². The zero-order valence-electron chi connectivity index (χ0n) is 14.2. The van der Waals surface area contributed by atoms with Crippen LogP contribution >= 0.6 is 23.2 Å². The molecule has 0 amide bonds. The van der Waals surface area contributed by atoms with Crippen LogP contribution in [0.1, 0.15) is 27.9 Å². The van der Waals surface area contributed by atoms with E-state index in [0.29, 0.717) is 16.5 Å². The molecule has 3 aromatic rings. The summed E-state index contributed by atoms with van der Waals surface area (Å²) >= 11 is 12.4. The van der Waals surface area contributed by atoms with Crippen LogP contribution in [0.15, 0.2) is 36.4 Å². The average Bonchev–Trinajstić information content (AvgIpc) is 3.14. The fraction of sp³-hybridized carbons (Fsp3) is 0.250. The van der Waals surface area contributed by atoms with E-state index in [1.54, 1.807) is 6.07 Å². The quantitative estimate of drug-likeness (QED) is 0.671. The van der Waals surface area contributed by atoms with Gasteiger partial charge in [0.1, 0.15) is 5.82 Å². The van der Waals surface area contributed by atoms with Crippen LogP contribution < -0.4 is 5.32 Å². The number of anilines is 1. The van der Waals surface area contributed by atoms with Crippen molar-refractivity contribution in [2.24, 2.45) is 0 Å². The number of hydrogen-bond donors (Lipinski definition) is 1. The van der Waals surface area contributed by atoms with Gasteiger partial charge in [-0.05, 0) is 49.6 Å². The smallest absolute Gasteiger partial charge is 0.133 e. The Morgan fingerprint density at radius 3 is 2.72 bits per heavy atom. The van der Waals surface area contributed by atoms with Crippen LogP contribution in [0.2, 0.25) is 10.0 Å². The molecule has 5 heteroatoms. The van der Waals surface area contributed by atoms with Gasteiger partial charge >= 0.3 is 0 Å². The summed E-state index contributed by atoms with van der Waals surface area (Å²) in [5.74, 6) is 1.10. The van der Waals surface area contributed by atoms with E-state index in [0.717, 1.165) is 35.7 Å². The first-order valence-electron chi connectivity index (χ1n) is 8.39. The monoisotopic (exact) mass is 371 g/mol. The minimum atomic E-state index is 0.654. The fourth-order valence-electron chi connectivity index (χ4n) is 3.45. The average molecular weight is 372 g/mol. The van der Waals surface area contributed by atoms with Gasteiger partial charge in [-0.25, -0.2) is 4.68 Å². The number of hydrogen-bond acceptors (Lipinski definition) is 2. The summed E-state index contributed by atoms with van der Waals surface area (Å²) in [6.07, 6.45) is 1.69. The van der Waals surface area contributed by atoms with E-state index in [1.165, 1.54) is 16.7 Å². The van der Waals surface area contributed by atoms with Crippen molar-refractivity contribution < 1.29 is 0 Å². The highest BCUT2D eigenvalue weighted by Crippen LogP contribution is 2.32. The molecule has 2 heterocycles. The van der Waals surface area contributed by atoms with Gasteiger partial charge in [0.2, 0.25) is 0 Å². The molecule has 0 unspecified atom stereocenters. The summed E-state index contributed by atoms with van der Waals surface area (Å²) in [5.41, 5.74) is 6.99. The van der Waals surface area contributed by atoms with Crippen molar-refractivity contribution >= 4 is 29.0 Å². The third-order valence-corrected chi connectivity index (χ3v) is 5.27. The highest BCUT2D eigenvalue weighted by atomic mass is 35.5. The number of benzene rings is 2. The first kappa shape index (κ1) is 16.5. The number of rotatable bonds is 3. The van der Waals surface area contributed by atoms with Crippen molar-refractivity contribution in [3.8, 4) is 5.69 Å². The molecule has 0 radical (unpaired) electrons. The molecule has 0 saturated carbocycles. The SMILES string of the molecule is Cc1ccc(-n2nc(Cc3ccc(Cl)cc3Cl)c3c2NCC3)c(C)c1. The molecule has 0 saturated heterocycles. The molecule has 0 spiro atoms. The van der Waals surface area contributed by atoms with Crippen molar-refractivity contribution in [3.63, 3.8) is 0 Å². The molecule has 2 aromatic carbocycles. The summed E-state index contributed by atoms with van der Waals surface area (Å²) < 4.78 is 2.04. The van der Waals surface area contributed by atoms with E-state index < -0.39 is 0 Å². The number of halogens is 2. The first-order chi connectivity index (χ1) is 12.0. The maximum Gasteiger partial charge on any atom is 0.133 e. The third kappa shape index (κ3) is 3.03. The van der Waals surface area contributed by atoms with Crippen molar-refractivity contribution in [1.82, 2.24) is 9.78 Å². The van der Waals surface area contributed by atoms with Crippen LogP contribution in [0.5, 0.6) is 0 Å². The maximum atomic E-state index is 6.36. The zero-order valence-corrected chi connectivity index (χ0v) is 15.7. The second-order valence-corrected chi connectivity index (χ2v) is 7.41. The van der Waals surface area contributed by atoms with Crippen LogP contribution in [-0.2, 0) is 12.8 Å². The summed E-state index contributed by atoms with van der Waals surface area (Å²) in [5, 5.41) is 9.74. The molecule has 4 rings (SSSR count). The lowest BCUT2D eigenvalue weighted by Crippen LogP contribution is -2.06. The Balaban J connectivity index is 1.78. The molecule has 128 valence electrons. The summed E-state index contributed by atoms with van der Waals surface area (Å²) in [7, 11) is 0. The standard InChI is InChI=1S/C20H19Cl2N3/c1-12-3-6-19(13(2)9-12)25-20-16(7-8-23-20)18(24-25)10-14-4-5-15(21)11-17(14)22/h3-6,9,11,23H,7-8,10H2,1-2H3. The summed E-state index contributed by atoms with van der Waals surface area (Å²) in [6, 6.07) is 12.1. The molecular weight excluding hydrogens is 353 g/mol. The van der Waals surface area contributed by atoms with E-state index in [2.05, 4.69) is 37.4 Å². The molecule has 3 nitrogen and oxygen atoms in total. The van der Waals surface area contributed by atoms with E-state index >= 15 is 0 Å². The number of aryl methyl sites for hydroxylation is 2. The minimum absolute atomic E-state index is 0.654. The molecule has 1 N–H and O–H groups in total.